The third-order valence-electron chi connectivity index (χ3n) is 6.90. The maximum Gasteiger partial charge on any atom is 0.241 e. The molecule has 2 bridgehead atoms. The molecule has 1 aromatic carbocycles. The Balaban J connectivity index is 1.16. The van der Waals surface area contributed by atoms with Crippen LogP contribution in [0.1, 0.15) is 43.2 Å². The van der Waals surface area contributed by atoms with Crippen molar-refractivity contribution in [3.8, 4) is 22.6 Å². The Labute approximate surface area is 191 Å². The number of fused-ring (bicyclic) bond motifs is 2. The molecule has 1 N–H and O–H groups in total. The quantitative estimate of drug-likeness (QED) is 0.492. The molecule has 168 valence electrons. The Morgan fingerprint density at radius 2 is 1.79 bits per heavy atom. The monoisotopic (exact) mass is 443 g/mol. The zero-order chi connectivity index (χ0) is 22.4. The van der Waals surface area contributed by atoms with Crippen LogP contribution in [-0.4, -0.2) is 42.2 Å². The first-order chi connectivity index (χ1) is 16.1. The molecule has 2 saturated heterocycles. The van der Waals surface area contributed by atoms with Gasteiger partial charge in [-0.05, 0) is 50.8 Å². The second kappa shape index (κ2) is 7.90. The molecule has 2 aliphatic heterocycles. The number of aryl methyl sites for hydroxylation is 1. The van der Waals surface area contributed by atoms with E-state index >= 15 is 0 Å². The van der Waals surface area contributed by atoms with Gasteiger partial charge in [0.05, 0.1) is 18.5 Å². The van der Waals surface area contributed by atoms with E-state index in [-0.39, 0.29) is 12.1 Å². The molecule has 6 rings (SSSR count). The Hall–Kier alpha value is -3.36. The van der Waals surface area contributed by atoms with E-state index in [0.29, 0.717) is 36.9 Å². The van der Waals surface area contributed by atoms with Gasteiger partial charge in [0.1, 0.15) is 17.2 Å². The van der Waals surface area contributed by atoms with Crippen molar-refractivity contribution < 1.29 is 14.0 Å². The van der Waals surface area contributed by atoms with E-state index < -0.39 is 5.60 Å². The third-order valence-corrected chi connectivity index (χ3v) is 6.90. The summed E-state index contributed by atoms with van der Waals surface area (Å²) < 4.78 is 11.1. The third kappa shape index (κ3) is 3.75. The number of nitrogens with zero attached hydrogens (tertiary/aromatic N) is 5. The van der Waals surface area contributed by atoms with E-state index in [2.05, 4.69) is 25.0 Å². The Morgan fingerprint density at radius 3 is 2.48 bits per heavy atom. The number of benzene rings is 1. The summed E-state index contributed by atoms with van der Waals surface area (Å²) in [5, 5.41) is 15.4. The van der Waals surface area contributed by atoms with E-state index in [1.165, 1.54) is 0 Å². The van der Waals surface area contributed by atoms with Crippen molar-refractivity contribution in [1.82, 2.24) is 25.0 Å². The van der Waals surface area contributed by atoms with Crippen molar-refractivity contribution in [1.29, 1.82) is 0 Å². The molecule has 3 aromatic heterocycles. The van der Waals surface area contributed by atoms with Crippen LogP contribution < -0.4 is 0 Å². The molecule has 8 heteroatoms. The molecule has 5 heterocycles. The zero-order valence-electron chi connectivity index (χ0n) is 18.4. The van der Waals surface area contributed by atoms with E-state index in [4.69, 9.17) is 8.94 Å². The smallest absolute Gasteiger partial charge is 0.241 e. The number of piperidine rings is 1. The molecule has 8 nitrogen and oxygen atoms in total. The predicted molar refractivity (Wildman–Crippen MR) is 120 cm³/mol. The molecule has 0 aliphatic carbocycles. The second-order valence-corrected chi connectivity index (χ2v) is 9.05. The minimum atomic E-state index is -0.893. The van der Waals surface area contributed by atoms with Gasteiger partial charge in [-0.3, -0.25) is 4.90 Å². The molecule has 2 atom stereocenters. The van der Waals surface area contributed by atoms with Gasteiger partial charge in [-0.2, -0.15) is 4.98 Å². The molecule has 2 unspecified atom stereocenters. The summed E-state index contributed by atoms with van der Waals surface area (Å²) in [6.07, 6.45) is 6.81. The van der Waals surface area contributed by atoms with E-state index in [0.717, 1.165) is 35.5 Å². The molecule has 4 aromatic rings. The van der Waals surface area contributed by atoms with Crippen LogP contribution in [-0.2, 0) is 12.1 Å². The van der Waals surface area contributed by atoms with Crippen LogP contribution in [0.25, 0.3) is 22.6 Å². The first-order valence-corrected chi connectivity index (χ1v) is 11.3. The summed E-state index contributed by atoms with van der Waals surface area (Å²) in [5.74, 6) is 2.58. The summed E-state index contributed by atoms with van der Waals surface area (Å²) in [7, 11) is 0. The molecule has 0 saturated carbocycles. The van der Waals surface area contributed by atoms with Crippen LogP contribution in [0, 0.1) is 6.92 Å². The van der Waals surface area contributed by atoms with Crippen molar-refractivity contribution in [2.24, 2.45) is 0 Å². The summed E-state index contributed by atoms with van der Waals surface area (Å²) in [5.41, 5.74) is 1.91. The average molecular weight is 444 g/mol. The number of aromatic nitrogens is 4. The number of hydrogen-bond donors (Lipinski definition) is 1. The highest BCUT2D eigenvalue weighted by molar-refractivity contribution is 5.64. The average Bonchev–Trinajstić information content (AvgIpc) is 3.57. The maximum atomic E-state index is 11.2. The molecule has 33 heavy (non-hydrogen) atoms. The minimum absolute atomic E-state index is 0.268. The normalized spacial score (nSPS) is 24.9. The first-order valence-electron chi connectivity index (χ1n) is 11.3. The fourth-order valence-corrected chi connectivity index (χ4v) is 5.32. The topological polar surface area (TPSA) is 101 Å². The zero-order valence-corrected chi connectivity index (χ0v) is 18.4. The van der Waals surface area contributed by atoms with Gasteiger partial charge in [-0.1, -0.05) is 29.4 Å². The Kier molecular flexibility index (Phi) is 4.85. The van der Waals surface area contributed by atoms with Crippen LogP contribution in [0.4, 0.5) is 0 Å². The van der Waals surface area contributed by atoms with Crippen molar-refractivity contribution in [2.45, 2.75) is 56.8 Å². The highest BCUT2D eigenvalue weighted by atomic mass is 16.5. The van der Waals surface area contributed by atoms with Crippen LogP contribution in [0.3, 0.4) is 0 Å². The fourth-order valence-electron chi connectivity index (χ4n) is 5.32. The number of hydrogen-bond acceptors (Lipinski definition) is 8. The number of aliphatic hydroxyl groups is 1. The van der Waals surface area contributed by atoms with Gasteiger partial charge in [0.15, 0.2) is 0 Å². The molecular formula is C25H25N5O3. The van der Waals surface area contributed by atoms with E-state index in [1.54, 1.807) is 12.5 Å². The standard InChI is InChI=1S/C25H25N5O3/c1-16-26-11-10-21(27-16)17-4-6-18(7-5-17)24-28-23(33-29-24)15-30-19-8-9-20(30)14-25(31,13-19)22-3-2-12-32-22/h2-7,10-12,19-20,31H,8-9,13-15H2,1H3. The van der Waals surface area contributed by atoms with Crippen LogP contribution in [0.2, 0.25) is 0 Å². The van der Waals surface area contributed by atoms with Crippen LogP contribution in [0.15, 0.2) is 63.9 Å². The fraction of sp³-hybridized carbons (Fsp3) is 0.360. The number of furan rings is 1. The lowest BCUT2D eigenvalue weighted by atomic mass is 9.84. The van der Waals surface area contributed by atoms with E-state index in [1.807, 2.05) is 49.4 Å². The minimum Gasteiger partial charge on any atom is -0.466 e. The Morgan fingerprint density at radius 1 is 1.03 bits per heavy atom. The molecule has 0 amide bonds. The molecule has 0 spiro atoms. The van der Waals surface area contributed by atoms with Crippen molar-refractivity contribution >= 4 is 0 Å². The lowest BCUT2D eigenvalue weighted by molar-refractivity contribution is -0.0745. The Bertz CT molecular complexity index is 1240. The highest BCUT2D eigenvalue weighted by Gasteiger charge is 2.49. The van der Waals surface area contributed by atoms with Gasteiger partial charge >= 0.3 is 0 Å². The van der Waals surface area contributed by atoms with Gasteiger partial charge in [-0.25, -0.2) is 9.97 Å². The van der Waals surface area contributed by atoms with Crippen molar-refractivity contribution in [2.75, 3.05) is 0 Å². The molecule has 0 radical (unpaired) electrons. The molecular weight excluding hydrogens is 418 g/mol. The molecule has 2 fully saturated rings. The maximum absolute atomic E-state index is 11.2. The second-order valence-electron chi connectivity index (χ2n) is 9.05. The highest BCUT2D eigenvalue weighted by Crippen LogP contribution is 2.46. The van der Waals surface area contributed by atoms with Gasteiger partial charge < -0.3 is 14.0 Å². The van der Waals surface area contributed by atoms with Gasteiger partial charge in [0, 0.05) is 29.4 Å². The van der Waals surface area contributed by atoms with Gasteiger partial charge in [0.2, 0.25) is 11.7 Å². The van der Waals surface area contributed by atoms with Crippen molar-refractivity contribution in [3.63, 3.8) is 0 Å². The SMILES string of the molecule is Cc1nccc(-c2ccc(-c3noc(CN4C5CCC4CC(O)(c4ccco4)C5)n3)cc2)n1. The summed E-state index contributed by atoms with van der Waals surface area (Å²) in [4.78, 5) is 15.7. The largest absolute Gasteiger partial charge is 0.466 e. The van der Waals surface area contributed by atoms with Crippen molar-refractivity contribution in [3.05, 3.63) is 72.4 Å². The van der Waals surface area contributed by atoms with Gasteiger partial charge in [0.25, 0.3) is 0 Å². The van der Waals surface area contributed by atoms with E-state index in [9.17, 15) is 5.11 Å². The lowest BCUT2D eigenvalue weighted by Gasteiger charge is -2.42. The summed E-state index contributed by atoms with van der Waals surface area (Å²) in [6, 6.07) is 14.1. The number of rotatable bonds is 5. The van der Waals surface area contributed by atoms with Gasteiger partial charge in [-0.15, -0.1) is 0 Å². The van der Waals surface area contributed by atoms with Crippen LogP contribution >= 0.6 is 0 Å². The summed E-state index contributed by atoms with van der Waals surface area (Å²) >= 11 is 0. The molecule has 2 aliphatic rings. The summed E-state index contributed by atoms with van der Waals surface area (Å²) in [6.45, 7) is 2.47. The first kappa shape index (κ1) is 20.3. The van der Waals surface area contributed by atoms with Crippen LogP contribution in [0.5, 0.6) is 0 Å². The lowest BCUT2D eigenvalue weighted by Crippen LogP contribution is -2.49. The predicted octanol–water partition coefficient (Wildman–Crippen LogP) is 4.11.